The molecule has 23 heavy (non-hydrogen) atoms. The van der Waals surface area contributed by atoms with E-state index in [1.165, 1.54) is 5.56 Å². The third-order valence-electron chi connectivity index (χ3n) is 4.12. The lowest BCUT2D eigenvalue weighted by Crippen LogP contribution is -2.11. The van der Waals surface area contributed by atoms with E-state index < -0.39 is 0 Å². The van der Waals surface area contributed by atoms with Gasteiger partial charge in [-0.05, 0) is 33.6 Å². The molecular weight excluding hydrogens is 286 g/mol. The van der Waals surface area contributed by atoms with Crippen LogP contribution in [0.1, 0.15) is 52.7 Å². The maximum atomic E-state index is 11.5. The zero-order valence-corrected chi connectivity index (χ0v) is 14.8. The molecule has 2 aromatic carbocycles. The van der Waals surface area contributed by atoms with Crippen LogP contribution in [0.4, 0.5) is 5.69 Å². The Bertz CT molecular complexity index is 717. The van der Waals surface area contributed by atoms with E-state index in [0.717, 1.165) is 11.1 Å². The molecule has 0 unspecified atom stereocenters. The van der Waals surface area contributed by atoms with Gasteiger partial charge in [-0.1, -0.05) is 71.9 Å². The Balaban J connectivity index is 2.53. The fourth-order valence-corrected chi connectivity index (χ4v) is 2.54. The number of rotatable bonds is 2. The lowest BCUT2D eigenvalue weighted by molar-refractivity contribution is -0.384. The summed E-state index contributed by atoms with van der Waals surface area (Å²) in [5, 5.41) is 11.5. The normalized spacial score (nSPS) is 12.3. The molecule has 0 spiro atoms. The third kappa shape index (κ3) is 3.79. The van der Waals surface area contributed by atoms with Gasteiger partial charge in [0, 0.05) is 6.07 Å². The zero-order chi connectivity index (χ0) is 17.4. The summed E-state index contributed by atoms with van der Waals surface area (Å²) >= 11 is 0. The van der Waals surface area contributed by atoms with Crippen LogP contribution in [0, 0.1) is 10.1 Å². The molecule has 0 saturated carbocycles. The van der Waals surface area contributed by atoms with E-state index >= 15 is 0 Å². The summed E-state index contributed by atoms with van der Waals surface area (Å²) in [5.41, 5.74) is 3.86. The number of hydrogen-bond donors (Lipinski definition) is 0. The smallest absolute Gasteiger partial charge is 0.258 e. The summed E-state index contributed by atoms with van der Waals surface area (Å²) in [7, 11) is 0. The average Bonchev–Trinajstić information content (AvgIpc) is 2.45. The Hall–Kier alpha value is -2.16. The fourth-order valence-electron chi connectivity index (χ4n) is 2.54. The maximum Gasteiger partial charge on any atom is 0.277 e. The molecule has 0 fully saturated rings. The van der Waals surface area contributed by atoms with Crippen LogP contribution in [0.5, 0.6) is 0 Å². The minimum absolute atomic E-state index is 0.0700. The Morgan fingerprint density at radius 3 is 1.70 bits per heavy atom. The van der Waals surface area contributed by atoms with E-state index in [1.54, 1.807) is 6.07 Å². The SMILES string of the molecule is CC(C)(C)c1ccc(-c2ccc(C(C)(C)C)cc2[N+](=O)[O-])cc1. The van der Waals surface area contributed by atoms with Crippen molar-refractivity contribution in [3.05, 3.63) is 63.7 Å². The first-order chi connectivity index (χ1) is 10.5. The number of hydrogen-bond acceptors (Lipinski definition) is 2. The van der Waals surface area contributed by atoms with Gasteiger partial charge in [-0.3, -0.25) is 10.1 Å². The molecule has 0 aliphatic heterocycles. The molecule has 0 N–H and O–H groups in total. The molecule has 0 atom stereocenters. The van der Waals surface area contributed by atoms with Crippen molar-refractivity contribution in [3.8, 4) is 11.1 Å². The molecule has 3 nitrogen and oxygen atoms in total. The van der Waals surface area contributed by atoms with Gasteiger partial charge in [0.05, 0.1) is 10.5 Å². The number of nitrogens with zero attached hydrogens (tertiary/aromatic N) is 1. The largest absolute Gasteiger partial charge is 0.277 e. The Labute approximate surface area is 138 Å². The minimum Gasteiger partial charge on any atom is -0.258 e. The first-order valence-electron chi connectivity index (χ1n) is 7.90. The van der Waals surface area contributed by atoms with Gasteiger partial charge in [0.2, 0.25) is 0 Å². The van der Waals surface area contributed by atoms with Crippen LogP contribution in [0.2, 0.25) is 0 Å². The molecule has 2 aromatic rings. The highest BCUT2D eigenvalue weighted by Crippen LogP contribution is 2.35. The molecule has 122 valence electrons. The van der Waals surface area contributed by atoms with Gasteiger partial charge in [-0.15, -0.1) is 0 Å². The van der Waals surface area contributed by atoms with Crippen LogP contribution in [-0.2, 0) is 10.8 Å². The molecular formula is C20H25NO2. The molecule has 0 amide bonds. The number of benzene rings is 2. The van der Waals surface area contributed by atoms with Crippen molar-refractivity contribution in [2.24, 2.45) is 0 Å². The molecule has 0 aromatic heterocycles. The fraction of sp³-hybridized carbons (Fsp3) is 0.400. The summed E-state index contributed by atoms with van der Waals surface area (Å²) in [4.78, 5) is 11.2. The van der Waals surface area contributed by atoms with Gasteiger partial charge in [-0.25, -0.2) is 0 Å². The Morgan fingerprint density at radius 1 is 0.783 bits per heavy atom. The van der Waals surface area contributed by atoms with Crippen molar-refractivity contribution >= 4 is 5.69 Å². The minimum atomic E-state index is -0.289. The molecule has 0 saturated heterocycles. The van der Waals surface area contributed by atoms with Gasteiger partial charge in [0.25, 0.3) is 5.69 Å². The molecule has 3 heteroatoms. The molecule has 0 heterocycles. The van der Waals surface area contributed by atoms with Crippen molar-refractivity contribution in [2.75, 3.05) is 0 Å². The summed E-state index contributed by atoms with van der Waals surface area (Å²) in [6, 6.07) is 13.6. The van der Waals surface area contributed by atoms with Crippen LogP contribution in [0.15, 0.2) is 42.5 Å². The highest BCUT2D eigenvalue weighted by Gasteiger charge is 2.22. The second-order valence-electron chi connectivity index (χ2n) is 8.07. The Morgan fingerprint density at radius 2 is 1.26 bits per heavy atom. The van der Waals surface area contributed by atoms with Crippen molar-refractivity contribution < 1.29 is 4.92 Å². The van der Waals surface area contributed by atoms with Crippen LogP contribution in [0.3, 0.4) is 0 Å². The predicted molar refractivity (Wildman–Crippen MR) is 95.9 cm³/mol. The molecule has 0 radical (unpaired) electrons. The third-order valence-corrected chi connectivity index (χ3v) is 4.12. The second kappa shape index (κ2) is 5.80. The Kier molecular flexibility index (Phi) is 4.34. The van der Waals surface area contributed by atoms with Gasteiger partial charge in [0.15, 0.2) is 0 Å². The van der Waals surface area contributed by atoms with Crippen LogP contribution in [-0.4, -0.2) is 4.92 Å². The number of nitro groups is 1. The highest BCUT2D eigenvalue weighted by molar-refractivity contribution is 5.74. The summed E-state index contributed by atoms with van der Waals surface area (Å²) in [5.74, 6) is 0. The molecule has 0 bridgehead atoms. The van der Waals surface area contributed by atoms with Gasteiger partial charge < -0.3 is 0 Å². The van der Waals surface area contributed by atoms with Gasteiger partial charge >= 0.3 is 0 Å². The number of nitro benzene ring substituents is 1. The van der Waals surface area contributed by atoms with E-state index in [0.29, 0.717) is 5.56 Å². The van der Waals surface area contributed by atoms with Crippen molar-refractivity contribution in [1.82, 2.24) is 0 Å². The first-order valence-corrected chi connectivity index (χ1v) is 7.90. The maximum absolute atomic E-state index is 11.5. The quantitative estimate of drug-likeness (QED) is 0.515. The van der Waals surface area contributed by atoms with Crippen molar-refractivity contribution in [2.45, 2.75) is 52.4 Å². The van der Waals surface area contributed by atoms with E-state index in [1.807, 2.05) is 24.3 Å². The van der Waals surface area contributed by atoms with E-state index in [2.05, 4.69) is 53.7 Å². The summed E-state index contributed by atoms with van der Waals surface area (Å²) < 4.78 is 0. The molecule has 0 aliphatic carbocycles. The summed E-state index contributed by atoms with van der Waals surface area (Å²) in [6.45, 7) is 12.6. The van der Waals surface area contributed by atoms with E-state index in [4.69, 9.17) is 0 Å². The highest BCUT2D eigenvalue weighted by atomic mass is 16.6. The van der Waals surface area contributed by atoms with Crippen LogP contribution in [0.25, 0.3) is 11.1 Å². The standard InChI is InChI=1S/C20H25NO2/c1-19(2,3)15-9-7-14(8-10-15)17-12-11-16(20(4,5)6)13-18(17)21(22)23/h7-13H,1-6H3. The van der Waals surface area contributed by atoms with Crippen molar-refractivity contribution in [3.63, 3.8) is 0 Å². The molecule has 0 aliphatic rings. The average molecular weight is 311 g/mol. The topological polar surface area (TPSA) is 43.1 Å². The predicted octanol–water partition coefficient (Wildman–Crippen LogP) is 5.86. The molecule has 2 rings (SSSR count). The van der Waals surface area contributed by atoms with Gasteiger partial charge in [-0.2, -0.15) is 0 Å². The first kappa shape index (κ1) is 17.2. The monoisotopic (exact) mass is 311 g/mol. The van der Waals surface area contributed by atoms with E-state index in [9.17, 15) is 10.1 Å². The van der Waals surface area contributed by atoms with Crippen LogP contribution < -0.4 is 0 Å². The second-order valence-corrected chi connectivity index (χ2v) is 8.07. The lowest BCUT2D eigenvalue weighted by atomic mass is 9.84. The lowest BCUT2D eigenvalue weighted by Gasteiger charge is -2.20. The van der Waals surface area contributed by atoms with Gasteiger partial charge in [0.1, 0.15) is 0 Å². The zero-order valence-electron chi connectivity index (χ0n) is 14.8. The van der Waals surface area contributed by atoms with E-state index in [-0.39, 0.29) is 21.4 Å². The van der Waals surface area contributed by atoms with Crippen molar-refractivity contribution in [1.29, 1.82) is 0 Å². The summed E-state index contributed by atoms with van der Waals surface area (Å²) in [6.07, 6.45) is 0. The van der Waals surface area contributed by atoms with Crippen LogP contribution >= 0.6 is 0 Å².